The summed E-state index contributed by atoms with van der Waals surface area (Å²) in [7, 11) is 0. The Bertz CT molecular complexity index is 829. The number of rotatable bonds is 9. The maximum Gasteiger partial charge on any atom is 0.220 e. The van der Waals surface area contributed by atoms with E-state index in [0.29, 0.717) is 12.1 Å². The molecule has 0 saturated carbocycles. The molecule has 1 aliphatic rings. The number of hydrogen-bond donors (Lipinski definition) is 1. The van der Waals surface area contributed by atoms with Gasteiger partial charge in [-0.3, -0.25) is 14.5 Å². The molecule has 160 valence electrons. The number of anilines is 1. The normalized spacial score (nSPS) is 14.5. The largest absolute Gasteiger partial charge is 0.369 e. The van der Waals surface area contributed by atoms with Crippen LogP contribution in [0, 0.1) is 5.82 Å². The second-order valence-corrected chi connectivity index (χ2v) is 7.63. The molecule has 0 unspecified atom stereocenters. The van der Waals surface area contributed by atoms with Crippen LogP contribution in [0.1, 0.15) is 35.7 Å². The van der Waals surface area contributed by atoms with E-state index in [1.807, 2.05) is 36.4 Å². The summed E-state index contributed by atoms with van der Waals surface area (Å²) >= 11 is 0. The van der Waals surface area contributed by atoms with Crippen LogP contribution >= 0.6 is 0 Å². The van der Waals surface area contributed by atoms with Gasteiger partial charge in [-0.05, 0) is 36.2 Å². The lowest BCUT2D eigenvalue weighted by Crippen LogP contribution is -2.48. The first-order valence-electron chi connectivity index (χ1n) is 10.7. The molecule has 3 rings (SSSR count). The topological polar surface area (TPSA) is 52.7 Å². The van der Waals surface area contributed by atoms with Gasteiger partial charge in [-0.1, -0.05) is 31.2 Å². The van der Waals surface area contributed by atoms with Crippen LogP contribution in [0.2, 0.25) is 0 Å². The van der Waals surface area contributed by atoms with Gasteiger partial charge >= 0.3 is 0 Å². The van der Waals surface area contributed by atoms with Crippen molar-refractivity contribution in [1.82, 2.24) is 10.2 Å². The van der Waals surface area contributed by atoms with Crippen molar-refractivity contribution in [3.63, 3.8) is 0 Å². The molecule has 0 radical (unpaired) electrons. The number of halogens is 1. The van der Waals surface area contributed by atoms with E-state index < -0.39 is 0 Å². The fourth-order valence-corrected chi connectivity index (χ4v) is 3.62. The van der Waals surface area contributed by atoms with E-state index >= 15 is 0 Å². The lowest BCUT2D eigenvalue weighted by atomic mass is 10.0. The average Bonchev–Trinajstić information content (AvgIpc) is 2.78. The number of carbonyl (C=O) groups is 2. The number of benzene rings is 2. The fourth-order valence-electron chi connectivity index (χ4n) is 3.62. The van der Waals surface area contributed by atoms with E-state index in [-0.39, 0.29) is 30.3 Å². The molecule has 0 aromatic heterocycles. The molecule has 2 aromatic rings. The zero-order valence-electron chi connectivity index (χ0n) is 17.6. The summed E-state index contributed by atoms with van der Waals surface area (Å²) in [6.07, 6.45) is 1.39. The second kappa shape index (κ2) is 10.9. The Labute approximate surface area is 177 Å². The first kappa shape index (κ1) is 22.0. The quantitative estimate of drug-likeness (QED) is 0.644. The summed E-state index contributed by atoms with van der Waals surface area (Å²) in [4.78, 5) is 28.8. The lowest BCUT2D eigenvalue weighted by molar-refractivity contribution is -0.121. The Balaban J connectivity index is 1.31. The van der Waals surface area contributed by atoms with E-state index in [2.05, 4.69) is 22.0 Å². The Kier molecular flexibility index (Phi) is 7.97. The summed E-state index contributed by atoms with van der Waals surface area (Å²) < 4.78 is 13.1. The summed E-state index contributed by atoms with van der Waals surface area (Å²) in [5.41, 5.74) is 2.90. The third-order valence-corrected chi connectivity index (χ3v) is 5.58. The lowest BCUT2D eigenvalue weighted by Gasteiger charge is -2.36. The van der Waals surface area contributed by atoms with Crippen molar-refractivity contribution >= 4 is 17.4 Å². The van der Waals surface area contributed by atoms with Crippen LogP contribution in [0.15, 0.2) is 48.5 Å². The van der Waals surface area contributed by atoms with Gasteiger partial charge < -0.3 is 10.2 Å². The molecule has 1 heterocycles. The predicted molar refractivity (Wildman–Crippen MR) is 117 cm³/mol. The Morgan fingerprint density at radius 1 is 0.933 bits per heavy atom. The van der Waals surface area contributed by atoms with Crippen molar-refractivity contribution in [3.8, 4) is 0 Å². The molecule has 0 bridgehead atoms. The van der Waals surface area contributed by atoms with Gasteiger partial charge in [0.15, 0.2) is 5.78 Å². The first-order chi connectivity index (χ1) is 14.5. The van der Waals surface area contributed by atoms with Crippen LogP contribution in [0.25, 0.3) is 0 Å². The monoisotopic (exact) mass is 411 g/mol. The molecule has 5 nitrogen and oxygen atoms in total. The van der Waals surface area contributed by atoms with Gasteiger partial charge in [0.1, 0.15) is 5.82 Å². The molecule has 0 aliphatic carbocycles. The van der Waals surface area contributed by atoms with Gasteiger partial charge in [-0.15, -0.1) is 0 Å². The second-order valence-electron chi connectivity index (χ2n) is 7.63. The summed E-state index contributed by atoms with van der Waals surface area (Å²) in [5, 5.41) is 2.92. The van der Waals surface area contributed by atoms with Crippen LogP contribution in [0.3, 0.4) is 0 Å². The maximum absolute atomic E-state index is 13.1. The van der Waals surface area contributed by atoms with Crippen molar-refractivity contribution in [2.24, 2.45) is 0 Å². The van der Waals surface area contributed by atoms with Crippen molar-refractivity contribution in [2.45, 2.75) is 26.2 Å². The third-order valence-electron chi connectivity index (χ3n) is 5.58. The molecule has 0 atom stereocenters. The van der Waals surface area contributed by atoms with Gasteiger partial charge in [0.05, 0.1) is 0 Å². The predicted octanol–water partition coefficient (Wildman–Crippen LogP) is 3.29. The van der Waals surface area contributed by atoms with Crippen LogP contribution in [-0.4, -0.2) is 55.9 Å². The van der Waals surface area contributed by atoms with Crippen molar-refractivity contribution in [1.29, 1.82) is 0 Å². The molecule has 2 aromatic carbocycles. The fraction of sp³-hybridized carbons (Fsp3) is 0.417. The summed E-state index contributed by atoms with van der Waals surface area (Å²) in [6.45, 7) is 7.01. The maximum atomic E-state index is 13.1. The number of aryl methyl sites for hydroxylation is 1. The minimum absolute atomic E-state index is 0.00437. The average molecular weight is 412 g/mol. The Hall–Kier alpha value is -2.73. The van der Waals surface area contributed by atoms with Crippen LogP contribution in [0.5, 0.6) is 0 Å². The molecule has 1 fully saturated rings. The molecule has 1 aliphatic heterocycles. The van der Waals surface area contributed by atoms with Crippen molar-refractivity contribution < 1.29 is 14.0 Å². The number of amides is 1. The molecule has 1 saturated heterocycles. The highest BCUT2D eigenvalue weighted by atomic mass is 19.1. The van der Waals surface area contributed by atoms with Gasteiger partial charge in [0.25, 0.3) is 0 Å². The molecule has 1 amide bonds. The van der Waals surface area contributed by atoms with E-state index in [4.69, 9.17) is 0 Å². The Morgan fingerprint density at radius 3 is 2.23 bits per heavy atom. The zero-order valence-corrected chi connectivity index (χ0v) is 17.6. The molecule has 1 N–H and O–H groups in total. The summed E-state index contributed by atoms with van der Waals surface area (Å²) in [5.74, 6) is -0.299. The highest BCUT2D eigenvalue weighted by Crippen LogP contribution is 2.16. The summed E-state index contributed by atoms with van der Waals surface area (Å²) in [6, 6.07) is 14.2. The highest BCUT2D eigenvalue weighted by Gasteiger charge is 2.17. The number of piperazine rings is 1. The van der Waals surface area contributed by atoms with Gasteiger partial charge in [0.2, 0.25) is 5.91 Å². The number of Topliss-reactive ketones (excluding diaryl/α,β-unsaturated/α-hetero) is 1. The standard InChI is InChI=1S/C24H30FN3O2/c1-2-19-3-5-20(6-4-19)23(29)11-12-24(30)26-13-14-27-15-17-28(18-16-27)22-9-7-21(25)8-10-22/h3-10H,2,11-18H2,1H3,(H,26,30). The zero-order chi connectivity index (χ0) is 21.3. The highest BCUT2D eigenvalue weighted by molar-refractivity contribution is 5.97. The Morgan fingerprint density at radius 2 is 1.60 bits per heavy atom. The van der Waals surface area contributed by atoms with E-state index in [0.717, 1.165) is 44.8 Å². The van der Waals surface area contributed by atoms with Gasteiger partial charge in [-0.2, -0.15) is 0 Å². The third kappa shape index (κ3) is 6.39. The molecular weight excluding hydrogens is 381 g/mol. The van der Waals surface area contributed by atoms with Crippen LogP contribution in [-0.2, 0) is 11.2 Å². The minimum atomic E-state index is -0.218. The number of ketones is 1. The number of nitrogens with one attached hydrogen (secondary N) is 1. The van der Waals surface area contributed by atoms with Crippen LogP contribution in [0.4, 0.5) is 10.1 Å². The smallest absolute Gasteiger partial charge is 0.220 e. The van der Waals surface area contributed by atoms with Crippen molar-refractivity contribution in [2.75, 3.05) is 44.2 Å². The van der Waals surface area contributed by atoms with Gasteiger partial charge in [0, 0.05) is 63.4 Å². The molecule has 30 heavy (non-hydrogen) atoms. The van der Waals surface area contributed by atoms with E-state index in [9.17, 15) is 14.0 Å². The van der Waals surface area contributed by atoms with Crippen LogP contribution < -0.4 is 10.2 Å². The van der Waals surface area contributed by atoms with Crippen molar-refractivity contribution in [3.05, 3.63) is 65.5 Å². The molecular formula is C24H30FN3O2. The SMILES string of the molecule is CCc1ccc(C(=O)CCC(=O)NCCN2CCN(c3ccc(F)cc3)CC2)cc1. The number of nitrogens with zero attached hydrogens (tertiary/aromatic N) is 2. The minimum Gasteiger partial charge on any atom is -0.369 e. The van der Waals surface area contributed by atoms with Gasteiger partial charge in [-0.25, -0.2) is 4.39 Å². The molecule has 0 spiro atoms. The van der Waals surface area contributed by atoms with E-state index in [1.54, 1.807) is 0 Å². The number of carbonyl (C=O) groups excluding carboxylic acids is 2. The molecule has 6 heteroatoms. The number of hydrogen-bond acceptors (Lipinski definition) is 4. The van der Waals surface area contributed by atoms with E-state index in [1.165, 1.54) is 17.7 Å². The first-order valence-corrected chi connectivity index (χ1v) is 10.7.